The van der Waals surface area contributed by atoms with Gasteiger partial charge in [-0.2, -0.15) is 27.0 Å². The highest BCUT2D eigenvalue weighted by Crippen LogP contribution is 1.91. The molecule has 4 heteroatoms. The Morgan fingerprint density at radius 1 is 1.44 bits per heavy atom. The Morgan fingerprint density at radius 3 is 2.00 bits per heavy atom. The monoisotopic (exact) mass is 170 g/mol. The summed E-state index contributed by atoms with van der Waals surface area (Å²) in [6, 6.07) is 0. The first-order valence-corrected chi connectivity index (χ1v) is 2.49. The van der Waals surface area contributed by atoms with Crippen molar-refractivity contribution in [1.82, 2.24) is 0 Å². The predicted octanol–water partition coefficient (Wildman–Crippen LogP) is 1.49. The predicted molar refractivity (Wildman–Crippen MR) is 47.9 cm³/mol. The van der Waals surface area contributed by atoms with Crippen LogP contribution < -0.4 is 0 Å². The summed E-state index contributed by atoms with van der Waals surface area (Å²) >= 11 is 0. The van der Waals surface area contributed by atoms with Crippen molar-refractivity contribution >= 4 is 33.0 Å². The summed E-state index contributed by atoms with van der Waals surface area (Å²) in [5.41, 5.74) is 0. The molecule has 0 radical (unpaired) electrons. The summed E-state index contributed by atoms with van der Waals surface area (Å²) in [6.45, 7) is 1.98. The first-order valence-electron chi connectivity index (χ1n) is 2.49. The van der Waals surface area contributed by atoms with E-state index in [1.54, 1.807) is 0 Å². The van der Waals surface area contributed by atoms with E-state index < -0.39 is 5.97 Å². The second kappa shape index (κ2) is 11.0. The fourth-order valence-corrected chi connectivity index (χ4v) is 0.328. The van der Waals surface area contributed by atoms with Crippen LogP contribution in [0.4, 0.5) is 0 Å². The number of carboxylic acids is 1. The topological polar surface area (TPSA) is 37.3 Å². The lowest BCUT2D eigenvalue weighted by atomic mass is 10.3. The fraction of sp³-hybridized carbons (Fsp3) is 0.800. The fourth-order valence-electron chi connectivity index (χ4n) is 0.328. The van der Waals surface area contributed by atoms with E-state index in [2.05, 4.69) is 0 Å². The second-order valence-corrected chi connectivity index (χ2v) is 1.50. The first-order chi connectivity index (χ1) is 3.27. The number of carbonyl (C=O) groups is 1. The Balaban J connectivity index is -0.000000180. The third-order valence-corrected chi connectivity index (χ3v) is 0.744. The van der Waals surface area contributed by atoms with E-state index in [1.165, 1.54) is 0 Å². The smallest absolute Gasteiger partial charge is 0.303 e. The Kier molecular flexibility index (Phi) is 19.7. The third kappa shape index (κ3) is 17.9. The molecule has 0 bridgehead atoms. The van der Waals surface area contributed by atoms with Crippen LogP contribution >= 0.6 is 27.0 Å². The number of hydrogen-bond donors (Lipinski definition) is 1. The number of rotatable bonds is 3. The Labute approximate surface area is 69.5 Å². The molecule has 0 aliphatic heterocycles. The average molecular weight is 170 g/mol. The molecule has 0 saturated heterocycles. The maximum absolute atomic E-state index is 9.76. The van der Waals surface area contributed by atoms with Crippen molar-refractivity contribution < 1.29 is 9.90 Å². The Morgan fingerprint density at radius 2 is 1.89 bits per heavy atom. The number of unbranched alkanes of at least 4 members (excludes halogenated alkanes) is 1. The van der Waals surface area contributed by atoms with Gasteiger partial charge >= 0.3 is 5.97 Å². The lowest BCUT2D eigenvalue weighted by Gasteiger charge is -1.85. The molecule has 0 atom stereocenters. The second-order valence-electron chi connectivity index (χ2n) is 1.50. The van der Waals surface area contributed by atoms with E-state index in [4.69, 9.17) is 5.11 Å². The molecule has 58 valence electrons. The number of hydrogen-bond acceptors (Lipinski definition) is 1. The molecule has 0 unspecified atom stereocenters. The standard InChI is InChI=1S/C5H10O2.2H2S/c1-2-3-4-5(6)7;;/h2-4H2,1H3,(H,6,7);2*1H2. The lowest BCUT2D eigenvalue weighted by Crippen LogP contribution is -1.91. The van der Waals surface area contributed by atoms with E-state index in [0.29, 0.717) is 6.42 Å². The van der Waals surface area contributed by atoms with Crippen LogP contribution in [-0.4, -0.2) is 11.1 Å². The zero-order valence-electron chi connectivity index (χ0n) is 5.48. The SMILES string of the molecule is CCCCC(=O)O.S.S. The van der Waals surface area contributed by atoms with Crippen molar-refractivity contribution in [3.05, 3.63) is 0 Å². The van der Waals surface area contributed by atoms with Gasteiger partial charge in [0.15, 0.2) is 0 Å². The zero-order valence-corrected chi connectivity index (χ0v) is 7.48. The normalized spacial score (nSPS) is 6.78. The van der Waals surface area contributed by atoms with E-state index in [9.17, 15) is 4.79 Å². The summed E-state index contributed by atoms with van der Waals surface area (Å²) in [5.74, 6) is -0.693. The third-order valence-electron chi connectivity index (χ3n) is 0.744. The maximum atomic E-state index is 9.76. The molecule has 0 aromatic carbocycles. The van der Waals surface area contributed by atoms with Crippen LogP contribution in [0.1, 0.15) is 26.2 Å². The summed E-state index contributed by atoms with van der Waals surface area (Å²) < 4.78 is 0. The van der Waals surface area contributed by atoms with Gasteiger partial charge in [0.25, 0.3) is 0 Å². The Hall–Kier alpha value is 0.170. The van der Waals surface area contributed by atoms with E-state index >= 15 is 0 Å². The first kappa shape index (κ1) is 16.1. The van der Waals surface area contributed by atoms with Gasteiger partial charge in [-0.25, -0.2) is 0 Å². The molecule has 2 nitrogen and oxygen atoms in total. The highest BCUT2D eigenvalue weighted by molar-refractivity contribution is 7.59. The van der Waals surface area contributed by atoms with E-state index in [1.807, 2.05) is 6.92 Å². The molecule has 0 aliphatic rings. The minimum atomic E-state index is -0.693. The molecule has 0 saturated carbocycles. The Bertz CT molecular complexity index is 66.0. The molecule has 0 aromatic rings. The lowest BCUT2D eigenvalue weighted by molar-refractivity contribution is -0.137. The number of carboxylic acid groups (broad SMARTS) is 1. The van der Waals surface area contributed by atoms with Crippen LogP contribution in [0.3, 0.4) is 0 Å². The zero-order chi connectivity index (χ0) is 5.70. The quantitative estimate of drug-likeness (QED) is 0.696. The molecule has 0 aromatic heterocycles. The van der Waals surface area contributed by atoms with Gasteiger partial charge in [-0.3, -0.25) is 4.79 Å². The van der Waals surface area contributed by atoms with Gasteiger partial charge in [0.05, 0.1) is 0 Å². The van der Waals surface area contributed by atoms with Crippen LogP contribution in [0.15, 0.2) is 0 Å². The molecule has 0 aliphatic carbocycles. The maximum Gasteiger partial charge on any atom is 0.303 e. The van der Waals surface area contributed by atoms with Gasteiger partial charge < -0.3 is 5.11 Å². The highest BCUT2D eigenvalue weighted by atomic mass is 32.1. The molecule has 0 rings (SSSR count). The van der Waals surface area contributed by atoms with Gasteiger partial charge in [-0.15, -0.1) is 0 Å². The van der Waals surface area contributed by atoms with Crippen LogP contribution in [0.5, 0.6) is 0 Å². The van der Waals surface area contributed by atoms with Crippen molar-refractivity contribution in [2.75, 3.05) is 0 Å². The molecule has 0 amide bonds. The molecule has 9 heavy (non-hydrogen) atoms. The molecule has 0 heterocycles. The van der Waals surface area contributed by atoms with Crippen LogP contribution in [0.2, 0.25) is 0 Å². The summed E-state index contributed by atoms with van der Waals surface area (Å²) in [5, 5.41) is 8.04. The van der Waals surface area contributed by atoms with Crippen LogP contribution in [0, 0.1) is 0 Å². The summed E-state index contributed by atoms with van der Waals surface area (Å²) in [6.07, 6.45) is 2.08. The van der Waals surface area contributed by atoms with Gasteiger partial charge in [-0.1, -0.05) is 13.3 Å². The highest BCUT2D eigenvalue weighted by Gasteiger charge is 1.90. The van der Waals surface area contributed by atoms with Crippen molar-refractivity contribution in [2.24, 2.45) is 0 Å². The number of aliphatic carboxylic acids is 1. The van der Waals surface area contributed by atoms with E-state index in [-0.39, 0.29) is 27.0 Å². The largest absolute Gasteiger partial charge is 0.481 e. The van der Waals surface area contributed by atoms with Crippen molar-refractivity contribution in [1.29, 1.82) is 0 Å². The average Bonchev–Trinajstić information content (AvgIpc) is 1.61. The van der Waals surface area contributed by atoms with Crippen LogP contribution in [-0.2, 0) is 4.79 Å². The molecule has 0 spiro atoms. The van der Waals surface area contributed by atoms with Crippen molar-refractivity contribution in [3.8, 4) is 0 Å². The summed E-state index contributed by atoms with van der Waals surface area (Å²) in [4.78, 5) is 9.76. The van der Waals surface area contributed by atoms with Crippen molar-refractivity contribution in [3.63, 3.8) is 0 Å². The van der Waals surface area contributed by atoms with E-state index in [0.717, 1.165) is 12.8 Å². The van der Waals surface area contributed by atoms with Crippen LogP contribution in [0.25, 0.3) is 0 Å². The van der Waals surface area contributed by atoms with Gasteiger partial charge in [0.1, 0.15) is 0 Å². The molecular weight excluding hydrogens is 156 g/mol. The summed E-state index contributed by atoms with van der Waals surface area (Å²) in [7, 11) is 0. The molecule has 0 fully saturated rings. The van der Waals surface area contributed by atoms with Gasteiger partial charge in [-0.05, 0) is 6.42 Å². The molecule has 1 N–H and O–H groups in total. The molecular formula is C5H14O2S2. The minimum absolute atomic E-state index is 0. The van der Waals surface area contributed by atoms with Gasteiger partial charge in [0.2, 0.25) is 0 Å². The van der Waals surface area contributed by atoms with Crippen molar-refractivity contribution in [2.45, 2.75) is 26.2 Å². The van der Waals surface area contributed by atoms with Gasteiger partial charge in [0, 0.05) is 6.42 Å². The minimum Gasteiger partial charge on any atom is -0.481 e.